The highest BCUT2D eigenvalue weighted by molar-refractivity contribution is 5.49. The van der Waals surface area contributed by atoms with Crippen LogP contribution in [0.2, 0.25) is 0 Å². The molecule has 0 bridgehead atoms. The molecule has 0 saturated carbocycles. The summed E-state index contributed by atoms with van der Waals surface area (Å²) in [5.74, 6) is 0.814. The van der Waals surface area contributed by atoms with Gasteiger partial charge < -0.3 is 14.7 Å². The van der Waals surface area contributed by atoms with Gasteiger partial charge in [-0.3, -0.25) is 0 Å². The van der Waals surface area contributed by atoms with E-state index in [4.69, 9.17) is 4.74 Å². The molecule has 0 saturated heterocycles. The van der Waals surface area contributed by atoms with Crippen molar-refractivity contribution in [2.45, 2.75) is 95.7 Å². The summed E-state index contributed by atoms with van der Waals surface area (Å²) in [7, 11) is 0. The molecule has 166 valence electrons. The van der Waals surface area contributed by atoms with Crippen molar-refractivity contribution in [1.82, 2.24) is 0 Å². The van der Waals surface area contributed by atoms with Gasteiger partial charge in [0.25, 0.3) is 5.09 Å². The maximum atomic E-state index is 11.5. The van der Waals surface area contributed by atoms with Gasteiger partial charge in [-0.2, -0.15) is 0 Å². The van der Waals surface area contributed by atoms with Gasteiger partial charge in [0.1, 0.15) is 17.0 Å². The molecule has 1 aromatic carbocycles. The molecule has 30 heavy (non-hydrogen) atoms. The zero-order chi connectivity index (χ0) is 22.2. The molecule has 0 fully saturated rings. The van der Waals surface area contributed by atoms with Crippen LogP contribution in [-0.4, -0.2) is 28.0 Å². The van der Waals surface area contributed by atoms with Crippen LogP contribution in [-0.2, 0) is 10.3 Å². The summed E-state index contributed by atoms with van der Waals surface area (Å²) in [6.45, 7) is 10.7. The maximum absolute atomic E-state index is 11.5. The third kappa shape index (κ3) is 4.34. The first-order valence-electron chi connectivity index (χ1n) is 11.0. The second kappa shape index (κ2) is 8.22. The van der Waals surface area contributed by atoms with Crippen molar-refractivity contribution >= 4 is 0 Å². The fourth-order valence-electron chi connectivity index (χ4n) is 4.86. The van der Waals surface area contributed by atoms with Gasteiger partial charge in [0.2, 0.25) is 0 Å². The molecule has 1 N–H and O–H groups in total. The Hall–Kier alpha value is -2.08. The van der Waals surface area contributed by atoms with E-state index in [9.17, 15) is 15.2 Å². The normalized spacial score (nSPS) is 24.9. The van der Waals surface area contributed by atoms with E-state index in [0.717, 1.165) is 37.0 Å². The fourth-order valence-corrected chi connectivity index (χ4v) is 4.86. The molecular weight excluding hydrogens is 382 g/mol. The van der Waals surface area contributed by atoms with Crippen LogP contribution >= 0.6 is 0 Å². The lowest BCUT2D eigenvalue weighted by Crippen LogP contribution is -2.60. The van der Waals surface area contributed by atoms with Crippen molar-refractivity contribution in [1.29, 1.82) is 0 Å². The van der Waals surface area contributed by atoms with E-state index in [-0.39, 0.29) is 17.9 Å². The Labute approximate surface area is 179 Å². The van der Waals surface area contributed by atoms with Crippen LogP contribution in [0, 0.1) is 10.1 Å². The second-order valence-corrected chi connectivity index (χ2v) is 10.0. The number of rotatable bonds is 8. The number of ether oxygens (including phenoxy) is 1. The minimum atomic E-state index is -0.900. The Morgan fingerprint density at radius 2 is 2.03 bits per heavy atom. The van der Waals surface area contributed by atoms with Crippen LogP contribution in [0.3, 0.4) is 0 Å². The molecule has 0 radical (unpaired) electrons. The number of nitrogens with zero attached hydrogens (tertiary/aromatic N) is 1. The summed E-state index contributed by atoms with van der Waals surface area (Å²) < 4.78 is 6.38. The summed E-state index contributed by atoms with van der Waals surface area (Å²) in [5.41, 5.74) is 1.98. The highest BCUT2D eigenvalue weighted by Crippen LogP contribution is 2.53. The molecule has 0 spiro atoms. The van der Waals surface area contributed by atoms with Gasteiger partial charge in [0, 0.05) is 11.5 Å². The predicted molar refractivity (Wildman–Crippen MR) is 116 cm³/mol. The Morgan fingerprint density at radius 3 is 2.73 bits per heavy atom. The number of fused-ring (bicyclic) bond motifs is 3. The van der Waals surface area contributed by atoms with Gasteiger partial charge in [-0.25, -0.2) is 0 Å². The van der Waals surface area contributed by atoms with E-state index in [1.807, 2.05) is 13.8 Å². The Morgan fingerprint density at radius 1 is 1.30 bits per heavy atom. The smallest absolute Gasteiger partial charge is 0.294 e. The minimum Gasteiger partial charge on any atom is -0.485 e. The van der Waals surface area contributed by atoms with Crippen molar-refractivity contribution in [3.63, 3.8) is 0 Å². The van der Waals surface area contributed by atoms with Crippen molar-refractivity contribution in [3.8, 4) is 5.75 Å². The lowest BCUT2D eigenvalue weighted by molar-refractivity contribution is -0.757. The first-order chi connectivity index (χ1) is 14.0. The molecule has 0 amide bonds. The maximum Gasteiger partial charge on any atom is 0.294 e. The van der Waals surface area contributed by atoms with Crippen molar-refractivity contribution in [2.24, 2.45) is 0 Å². The van der Waals surface area contributed by atoms with Crippen LogP contribution < -0.4 is 4.74 Å². The summed E-state index contributed by atoms with van der Waals surface area (Å²) in [6.07, 6.45) is 7.34. The average molecular weight is 418 g/mol. The largest absolute Gasteiger partial charge is 0.485 e. The number of hydrogen-bond acceptors (Lipinski definition) is 5. The standard InChI is InChI=1S/C24H35NO5/c1-17-11-13-24(26)20(15-17)19-10-9-18(16-21(19)30-23(24,4)5)22(2,3)12-7-6-8-14-29-25(27)28/h9-10,15-16,20,26H,6-8,11-14H2,1-5H3/t20-,24-/m1/s1. The van der Waals surface area contributed by atoms with Gasteiger partial charge in [0.15, 0.2) is 0 Å². The third-order valence-corrected chi connectivity index (χ3v) is 7.05. The molecule has 3 rings (SSSR count). The highest BCUT2D eigenvalue weighted by Gasteiger charge is 2.55. The molecule has 0 aromatic heterocycles. The summed E-state index contributed by atoms with van der Waals surface area (Å²) in [6, 6.07) is 6.43. The lowest BCUT2D eigenvalue weighted by Gasteiger charge is -2.52. The molecule has 1 aromatic rings. The predicted octanol–water partition coefficient (Wildman–Crippen LogP) is 5.46. The number of unbranched alkanes of at least 4 members (excludes halogenated alkanes) is 2. The van der Waals surface area contributed by atoms with Gasteiger partial charge >= 0.3 is 0 Å². The van der Waals surface area contributed by atoms with Gasteiger partial charge in [-0.15, -0.1) is 10.1 Å². The molecule has 1 heterocycles. The first-order valence-corrected chi connectivity index (χ1v) is 11.0. The van der Waals surface area contributed by atoms with Crippen LogP contribution in [0.1, 0.15) is 90.2 Å². The quantitative estimate of drug-likeness (QED) is 0.263. The monoisotopic (exact) mass is 417 g/mol. The zero-order valence-corrected chi connectivity index (χ0v) is 18.9. The number of benzene rings is 1. The van der Waals surface area contributed by atoms with Gasteiger partial charge in [0.05, 0.1) is 6.61 Å². The second-order valence-electron chi connectivity index (χ2n) is 10.0. The van der Waals surface area contributed by atoms with Gasteiger partial charge in [-0.05, 0) is 63.5 Å². The molecule has 2 aliphatic rings. The van der Waals surface area contributed by atoms with E-state index in [0.29, 0.717) is 12.8 Å². The zero-order valence-electron chi connectivity index (χ0n) is 18.9. The van der Waals surface area contributed by atoms with Crippen molar-refractivity contribution in [3.05, 3.63) is 51.1 Å². The number of allylic oxidation sites excluding steroid dienone is 1. The Kier molecular flexibility index (Phi) is 6.19. The Balaban J connectivity index is 1.76. The van der Waals surface area contributed by atoms with Crippen molar-refractivity contribution in [2.75, 3.05) is 6.61 Å². The summed E-state index contributed by atoms with van der Waals surface area (Å²) >= 11 is 0. The van der Waals surface area contributed by atoms with E-state index < -0.39 is 16.3 Å². The van der Waals surface area contributed by atoms with Crippen LogP contribution in [0.4, 0.5) is 0 Å². The van der Waals surface area contributed by atoms with Crippen LogP contribution in [0.5, 0.6) is 5.75 Å². The van der Waals surface area contributed by atoms with Crippen LogP contribution in [0.25, 0.3) is 0 Å². The SMILES string of the molecule is CC1=C[C@@H]2c3ccc(C(C)(C)CCCCCO[N+](=O)[O-])cc3OC(C)(C)[C@@]2(O)CC1. The van der Waals surface area contributed by atoms with Crippen LogP contribution in [0.15, 0.2) is 29.8 Å². The average Bonchev–Trinajstić information content (AvgIpc) is 2.65. The highest BCUT2D eigenvalue weighted by atomic mass is 16.9. The molecule has 6 heteroatoms. The molecule has 1 aliphatic carbocycles. The summed E-state index contributed by atoms with van der Waals surface area (Å²) in [5, 5.41) is 21.0. The molecule has 2 atom stereocenters. The van der Waals surface area contributed by atoms with E-state index in [2.05, 4.69) is 49.9 Å². The molecular formula is C24H35NO5. The molecule has 6 nitrogen and oxygen atoms in total. The first kappa shape index (κ1) is 22.6. The van der Waals surface area contributed by atoms with E-state index in [1.165, 1.54) is 11.1 Å². The topological polar surface area (TPSA) is 81.8 Å². The molecule has 1 aliphatic heterocycles. The Bertz CT molecular complexity index is 829. The number of aliphatic hydroxyl groups is 1. The van der Waals surface area contributed by atoms with Crippen molar-refractivity contribution < 1.29 is 19.8 Å². The third-order valence-electron chi connectivity index (χ3n) is 7.05. The van der Waals surface area contributed by atoms with E-state index in [1.54, 1.807) is 0 Å². The van der Waals surface area contributed by atoms with Gasteiger partial charge in [-0.1, -0.05) is 50.5 Å². The number of hydrogen-bond donors (Lipinski definition) is 1. The summed E-state index contributed by atoms with van der Waals surface area (Å²) in [4.78, 5) is 14.6. The van der Waals surface area contributed by atoms with E-state index >= 15 is 0 Å². The fraction of sp³-hybridized carbons (Fsp3) is 0.667. The minimum absolute atomic E-state index is 0.0431. The molecule has 0 unspecified atom stereocenters. The lowest BCUT2D eigenvalue weighted by atomic mass is 9.64.